The van der Waals surface area contributed by atoms with Gasteiger partial charge in [-0.15, -0.1) is 0 Å². The largest absolute Gasteiger partial charge is 0.467 e. The van der Waals surface area contributed by atoms with E-state index in [0.717, 1.165) is 5.56 Å². The average Bonchev–Trinajstić information content (AvgIpc) is 3.13. The van der Waals surface area contributed by atoms with Crippen molar-refractivity contribution in [3.63, 3.8) is 0 Å². The van der Waals surface area contributed by atoms with Gasteiger partial charge >= 0.3 is 6.03 Å². The molecule has 0 spiro atoms. The molecule has 4 N–H and O–H groups in total. The molecule has 1 aromatic heterocycles. The van der Waals surface area contributed by atoms with E-state index in [2.05, 4.69) is 26.5 Å². The van der Waals surface area contributed by atoms with Gasteiger partial charge in [-0.1, -0.05) is 12.1 Å². The van der Waals surface area contributed by atoms with Gasteiger partial charge in [-0.25, -0.2) is 10.2 Å². The maximum atomic E-state index is 11.6. The molecule has 136 valence electrons. The molecule has 0 fully saturated rings. The highest BCUT2D eigenvalue weighted by molar-refractivity contribution is 5.89. The van der Waals surface area contributed by atoms with Crippen LogP contribution >= 0.6 is 0 Å². The molecule has 0 aliphatic carbocycles. The number of hydrazone groups is 1. The van der Waals surface area contributed by atoms with E-state index in [1.54, 1.807) is 36.4 Å². The zero-order valence-corrected chi connectivity index (χ0v) is 14.1. The number of carbonyl (C=O) groups is 3. The molecular weight excluding hydrogens is 338 g/mol. The summed E-state index contributed by atoms with van der Waals surface area (Å²) in [5.41, 5.74) is 3.71. The number of amides is 4. The highest BCUT2D eigenvalue weighted by Gasteiger charge is 2.05. The van der Waals surface area contributed by atoms with Crippen LogP contribution in [0.1, 0.15) is 18.2 Å². The molecule has 0 atom stereocenters. The van der Waals surface area contributed by atoms with Crippen molar-refractivity contribution in [3.8, 4) is 0 Å². The molecule has 4 amide bonds. The molecule has 9 nitrogen and oxygen atoms in total. The summed E-state index contributed by atoms with van der Waals surface area (Å²) in [6.45, 7) is 1.44. The first-order valence-corrected chi connectivity index (χ1v) is 7.76. The second kappa shape index (κ2) is 9.62. The molecule has 0 aliphatic rings. The fraction of sp³-hybridized carbons (Fsp3) is 0.176. The molecule has 1 aromatic carbocycles. The zero-order chi connectivity index (χ0) is 18.8. The maximum Gasteiger partial charge on any atom is 0.315 e. The topological polar surface area (TPSA) is 125 Å². The van der Waals surface area contributed by atoms with Crippen molar-refractivity contribution < 1.29 is 18.8 Å². The first kappa shape index (κ1) is 18.7. The first-order valence-electron chi connectivity index (χ1n) is 7.76. The first-order chi connectivity index (χ1) is 12.5. The van der Waals surface area contributed by atoms with Crippen molar-refractivity contribution in [2.75, 3.05) is 11.9 Å². The van der Waals surface area contributed by atoms with Crippen LogP contribution < -0.4 is 21.4 Å². The van der Waals surface area contributed by atoms with E-state index in [9.17, 15) is 14.4 Å². The SMILES string of the molecule is CC(=O)Nc1ccc(/C=N/NC(=O)CNC(=O)NCc2ccco2)cc1. The summed E-state index contributed by atoms with van der Waals surface area (Å²) in [4.78, 5) is 34.1. The predicted octanol–water partition coefficient (Wildman–Crippen LogP) is 1.19. The van der Waals surface area contributed by atoms with Crippen LogP contribution in [-0.2, 0) is 16.1 Å². The van der Waals surface area contributed by atoms with Gasteiger partial charge in [0, 0.05) is 12.6 Å². The number of carbonyl (C=O) groups excluding carboxylic acids is 3. The smallest absolute Gasteiger partial charge is 0.315 e. The minimum Gasteiger partial charge on any atom is -0.467 e. The lowest BCUT2D eigenvalue weighted by Gasteiger charge is -2.05. The van der Waals surface area contributed by atoms with Crippen LogP contribution in [0.5, 0.6) is 0 Å². The van der Waals surface area contributed by atoms with Crippen LogP contribution in [0.3, 0.4) is 0 Å². The Hall–Kier alpha value is -3.62. The number of hydrogen-bond acceptors (Lipinski definition) is 5. The Bertz CT molecular complexity index is 769. The standard InChI is InChI=1S/C17H19N5O4/c1-12(23)21-14-6-4-13(5-7-14)9-20-22-16(24)11-19-17(25)18-10-15-3-2-8-26-15/h2-9H,10-11H2,1H3,(H,21,23)(H,22,24)(H2,18,19,25)/b20-9+. The summed E-state index contributed by atoms with van der Waals surface area (Å²) in [5.74, 6) is -0.0117. The third-order valence-electron chi connectivity index (χ3n) is 3.05. The molecule has 2 aromatic rings. The molecule has 0 bridgehead atoms. The van der Waals surface area contributed by atoms with E-state index in [0.29, 0.717) is 11.4 Å². The summed E-state index contributed by atoms with van der Waals surface area (Å²) in [6, 6.07) is 9.86. The van der Waals surface area contributed by atoms with Gasteiger partial charge in [0.05, 0.1) is 19.0 Å². The van der Waals surface area contributed by atoms with Crippen LogP contribution in [0.4, 0.5) is 10.5 Å². The summed E-state index contributed by atoms with van der Waals surface area (Å²) < 4.78 is 5.07. The molecule has 26 heavy (non-hydrogen) atoms. The van der Waals surface area contributed by atoms with E-state index in [1.165, 1.54) is 19.4 Å². The highest BCUT2D eigenvalue weighted by Crippen LogP contribution is 2.07. The molecule has 0 unspecified atom stereocenters. The van der Waals surface area contributed by atoms with E-state index in [-0.39, 0.29) is 19.0 Å². The second-order valence-corrected chi connectivity index (χ2v) is 5.21. The highest BCUT2D eigenvalue weighted by atomic mass is 16.3. The fourth-order valence-corrected chi connectivity index (χ4v) is 1.88. The number of nitrogens with zero attached hydrogens (tertiary/aromatic N) is 1. The van der Waals surface area contributed by atoms with Gasteiger partial charge in [0.15, 0.2) is 0 Å². The summed E-state index contributed by atoms with van der Waals surface area (Å²) in [6.07, 6.45) is 2.96. The average molecular weight is 357 g/mol. The van der Waals surface area contributed by atoms with Crippen molar-refractivity contribution in [3.05, 3.63) is 54.0 Å². The van der Waals surface area contributed by atoms with Gasteiger partial charge in [0.2, 0.25) is 5.91 Å². The lowest BCUT2D eigenvalue weighted by atomic mass is 10.2. The summed E-state index contributed by atoms with van der Waals surface area (Å²) in [5, 5.41) is 11.4. The second-order valence-electron chi connectivity index (χ2n) is 5.21. The van der Waals surface area contributed by atoms with E-state index in [4.69, 9.17) is 4.42 Å². The van der Waals surface area contributed by atoms with Crippen LogP contribution in [0, 0.1) is 0 Å². The van der Waals surface area contributed by atoms with Crippen LogP contribution in [-0.4, -0.2) is 30.6 Å². The van der Waals surface area contributed by atoms with Crippen LogP contribution in [0.2, 0.25) is 0 Å². The Morgan fingerprint density at radius 2 is 1.88 bits per heavy atom. The molecule has 0 aliphatic heterocycles. The minimum absolute atomic E-state index is 0.153. The summed E-state index contributed by atoms with van der Waals surface area (Å²) >= 11 is 0. The number of urea groups is 1. The van der Waals surface area contributed by atoms with Crippen molar-refractivity contribution in [2.45, 2.75) is 13.5 Å². The predicted molar refractivity (Wildman–Crippen MR) is 95.4 cm³/mol. The molecule has 1 heterocycles. The van der Waals surface area contributed by atoms with Gasteiger partial charge < -0.3 is 20.4 Å². The normalized spacial score (nSPS) is 10.3. The number of anilines is 1. The van der Waals surface area contributed by atoms with Gasteiger partial charge in [0.1, 0.15) is 12.3 Å². The van der Waals surface area contributed by atoms with Crippen LogP contribution in [0.15, 0.2) is 52.2 Å². The number of hydrogen-bond donors (Lipinski definition) is 4. The monoisotopic (exact) mass is 357 g/mol. The third kappa shape index (κ3) is 6.87. The number of benzene rings is 1. The van der Waals surface area contributed by atoms with Crippen molar-refractivity contribution in [1.82, 2.24) is 16.1 Å². The molecule has 0 saturated heterocycles. The van der Waals surface area contributed by atoms with E-state index < -0.39 is 11.9 Å². The van der Waals surface area contributed by atoms with Crippen LogP contribution in [0.25, 0.3) is 0 Å². The molecular formula is C17H19N5O4. The Morgan fingerprint density at radius 3 is 2.54 bits per heavy atom. The lowest BCUT2D eigenvalue weighted by Crippen LogP contribution is -2.40. The fourth-order valence-electron chi connectivity index (χ4n) is 1.88. The minimum atomic E-state index is -0.492. The lowest BCUT2D eigenvalue weighted by molar-refractivity contribution is -0.120. The van der Waals surface area contributed by atoms with Crippen molar-refractivity contribution >= 4 is 29.7 Å². The Labute approximate surface area is 149 Å². The zero-order valence-electron chi connectivity index (χ0n) is 14.1. The Kier molecular flexibility index (Phi) is 6.93. The number of nitrogens with one attached hydrogen (secondary N) is 4. The van der Waals surface area contributed by atoms with E-state index >= 15 is 0 Å². The maximum absolute atomic E-state index is 11.6. The number of rotatable bonds is 7. The van der Waals surface area contributed by atoms with Gasteiger partial charge in [-0.2, -0.15) is 5.10 Å². The number of furan rings is 1. The quantitative estimate of drug-likeness (QED) is 0.439. The molecule has 0 radical (unpaired) electrons. The molecule has 0 saturated carbocycles. The molecule has 9 heteroatoms. The van der Waals surface area contributed by atoms with Crippen molar-refractivity contribution in [2.24, 2.45) is 5.10 Å². The Balaban J connectivity index is 1.66. The van der Waals surface area contributed by atoms with Gasteiger partial charge in [-0.3, -0.25) is 9.59 Å². The van der Waals surface area contributed by atoms with Crippen molar-refractivity contribution in [1.29, 1.82) is 0 Å². The Morgan fingerprint density at radius 1 is 1.12 bits per heavy atom. The molecule has 2 rings (SSSR count). The third-order valence-corrected chi connectivity index (χ3v) is 3.05. The van der Waals surface area contributed by atoms with E-state index in [1.807, 2.05) is 0 Å². The summed E-state index contributed by atoms with van der Waals surface area (Å²) in [7, 11) is 0. The van der Waals surface area contributed by atoms with Gasteiger partial charge in [-0.05, 0) is 29.8 Å². The van der Waals surface area contributed by atoms with Gasteiger partial charge in [0.25, 0.3) is 5.91 Å².